The summed E-state index contributed by atoms with van der Waals surface area (Å²) in [5.74, 6) is 0.936. The number of benzene rings is 1. The summed E-state index contributed by atoms with van der Waals surface area (Å²) in [6.45, 7) is 12.4. The van der Waals surface area contributed by atoms with E-state index in [0.717, 1.165) is 57.0 Å². The van der Waals surface area contributed by atoms with Gasteiger partial charge < -0.3 is 20.3 Å². The highest BCUT2D eigenvalue weighted by atomic mass is 127. The molecule has 29 heavy (non-hydrogen) atoms. The van der Waals surface area contributed by atoms with Crippen molar-refractivity contribution in [2.75, 3.05) is 26.2 Å². The van der Waals surface area contributed by atoms with Crippen LogP contribution in [-0.2, 0) is 11.3 Å². The minimum absolute atomic E-state index is 0. The number of halogens is 1. The first kappa shape index (κ1) is 25.7. The van der Waals surface area contributed by atoms with E-state index in [-0.39, 0.29) is 35.9 Å². The Morgan fingerprint density at radius 2 is 1.86 bits per heavy atom. The zero-order chi connectivity index (χ0) is 20.4. The molecule has 1 saturated heterocycles. The number of ether oxygens (including phenoxy) is 1. The Bertz CT molecular complexity index is 628. The fourth-order valence-electron chi connectivity index (χ4n) is 3.23. The van der Waals surface area contributed by atoms with Crippen molar-refractivity contribution in [1.29, 1.82) is 0 Å². The number of rotatable bonds is 8. The van der Waals surface area contributed by atoms with Crippen molar-refractivity contribution in [3.8, 4) is 0 Å². The molecular weight excluding hydrogens is 479 g/mol. The van der Waals surface area contributed by atoms with Crippen LogP contribution in [0.25, 0.3) is 0 Å². The largest absolute Gasteiger partial charge is 0.378 e. The average molecular weight is 516 g/mol. The van der Waals surface area contributed by atoms with Crippen LogP contribution in [0, 0.1) is 0 Å². The number of nitrogens with one attached hydrogen (secondary N) is 2. The number of piperidine rings is 1. The van der Waals surface area contributed by atoms with Crippen LogP contribution in [0.4, 0.5) is 0 Å². The molecule has 2 rings (SSSR count). The van der Waals surface area contributed by atoms with Crippen molar-refractivity contribution in [1.82, 2.24) is 15.5 Å². The maximum Gasteiger partial charge on any atom is 0.251 e. The lowest BCUT2D eigenvalue weighted by Gasteiger charge is -2.34. The lowest BCUT2D eigenvalue weighted by molar-refractivity contribution is 0.0263. The van der Waals surface area contributed by atoms with Crippen molar-refractivity contribution in [3.05, 3.63) is 35.4 Å². The molecule has 7 heteroatoms. The summed E-state index contributed by atoms with van der Waals surface area (Å²) in [5, 5.41) is 6.39. The Morgan fingerprint density at radius 3 is 2.41 bits per heavy atom. The molecule has 1 unspecified atom stereocenters. The van der Waals surface area contributed by atoms with Gasteiger partial charge in [0.05, 0.1) is 12.6 Å². The molecule has 0 aliphatic carbocycles. The molecule has 2 N–H and O–H groups in total. The van der Waals surface area contributed by atoms with Gasteiger partial charge in [-0.05, 0) is 57.7 Å². The lowest BCUT2D eigenvalue weighted by Crippen LogP contribution is -2.47. The second kappa shape index (κ2) is 13.8. The monoisotopic (exact) mass is 516 g/mol. The van der Waals surface area contributed by atoms with Gasteiger partial charge in [0.2, 0.25) is 0 Å². The van der Waals surface area contributed by atoms with Gasteiger partial charge in [-0.2, -0.15) is 0 Å². The Labute approximate surface area is 192 Å². The number of guanidine groups is 1. The smallest absolute Gasteiger partial charge is 0.251 e. The zero-order valence-corrected chi connectivity index (χ0v) is 20.6. The number of amides is 1. The molecular formula is C22H37IN4O2. The Kier molecular flexibility index (Phi) is 12.2. The molecule has 1 amide bonds. The molecule has 1 aliphatic rings. The molecule has 1 fully saturated rings. The maximum atomic E-state index is 12.2. The maximum absolute atomic E-state index is 12.2. The summed E-state index contributed by atoms with van der Waals surface area (Å²) < 4.78 is 5.74. The van der Waals surface area contributed by atoms with Gasteiger partial charge >= 0.3 is 0 Å². The molecule has 1 heterocycles. The van der Waals surface area contributed by atoms with Crippen LogP contribution in [0.5, 0.6) is 0 Å². The number of aliphatic imine (C=N–C) groups is 1. The molecule has 0 aromatic heterocycles. The zero-order valence-electron chi connectivity index (χ0n) is 18.2. The van der Waals surface area contributed by atoms with Gasteiger partial charge in [0.1, 0.15) is 0 Å². The van der Waals surface area contributed by atoms with Crippen LogP contribution >= 0.6 is 24.0 Å². The first-order chi connectivity index (χ1) is 13.6. The second-order valence-corrected chi connectivity index (χ2v) is 7.29. The van der Waals surface area contributed by atoms with Gasteiger partial charge in [-0.25, -0.2) is 4.99 Å². The molecule has 1 aliphatic heterocycles. The predicted octanol–water partition coefficient (Wildman–Crippen LogP) is 3.80. The van der Waals surface area contributed by atoms with Crippen molar-refractivity contribution in [3.63, 3.8) is 0 Å². The van der Waals surface area contributed by atoms with E-state index >= 15 is 0 Å². The van der Waals surface area contributed by atoms with E-state index in [1.807, 2.05) is 31.2 Å². The SMILES string of the molecule is CCNC(=NCc1ccc(C(=O)NC(C)CC)cc1)N1CCC(OCC)CC1.I. The van der Waals surface area contributed by atoms with Crippen molar-refractivity contribution >= 4 is 35.8 Å². The lowest BCUT2D eigenvalue weighted by atomic mass is 10.1. The topological polar surface area (TPSA) is 66.0 Å². The Balaban J connectivity index is 0.00000420. The molecule has 1 aromatic carbocycles. The van der Waals surface area contributed by atoms with Gasteiger partial charge in [0.15, 0.2) is 5.96 Å². The van der Waals surface area contributed by atoms with Crippen molar-refractivity contribution < 1.29 is 9.53 Å². The first-order valence-corrected chi connectivity index (χ1v) is 10.6. The molecule has 0 bridgehead atoms. The molecule has 6 nitrogen and oxygen atoms in total. The quantitative estimate of drug-likeness (QED) is 0.314. The summed E-state index contributed by atoms with van der Waals surface area (Å²) in [7, 11) is 0. The summed E-state index contributed by atoms with van der Waals surface area (Å²) in [5.41, 5.74) is 1.79. The third-order valence-electron chi connectivity index (χ3n) is 5.10. The summed E-state index contributed by atoms with van der Waals surface area (Å²) in [6, 6.07) is 7.91. The molecule has 0 spiro atoms. The van der Waals surface area contributed by atoms with Crippen LogP contribution in [0.2, 0.25) is 0 Å². The molecule has 0 radical (unpaired) electrons. The second-order valence-electron chi connectivity index (χ2n) is 7.29. The van der Waals surface area contributed by atoms with E-state index in [1.54, 1.807) is 0 Å². The van der Waals surface area contributed by atoms with Crippen LogP contribution in [0.3, 0.4) is 0 Å². The molecule has 1 atom stereocenters. The molecule has 0 saturated carbocycles. The van der Waals surface area contributed by atoms with Crippen molar-refractivity contribution in [2.45, 2.75) is 65.6 Å². The van der Waals surface area contributed by atoms with E-state index in [9.17, 15) is 4.79 Å². The van der Waals surface area contributed by atoms with Crippen LogP contribution in [0.1, 0.15) is 62.9 Å². The van der Waals surface area contributed by atoms with Gasteiger partial charge in [0, 0.05) is 37.8 Å². The van der Waals surface area contributed by atoms with E-state index in [2.05, 4.69) is 36.3 Å². The van der Waals surface area contributed by atoms with Crippen LogP contribution in [0.15, 0.2) is 29.3 Å². The third-order valence-corrected chi connectivity index (χ3v) is 5.10. The number of carbonyl (C=O) groups is 1. The van der Waals surface area contributed by atoms with Gasteiger partial charge in [-0.1, -0.05) is 19.1 Å². The van der Waals surface area contributed by atoms with Gasteiger partial charge in [-0.15, -0.1) is 24.0 Å². The van der Waals surface area contributed by atoms with E-state index in [1.165, 1.54) is 0 Å². The number of nitrogens with zero attached hydrogens (tertiary/aromatic N) is 2. The molecule has 164 valence electrons. The summed E-state index contributed by atoms with van der Waals surface area (Å²) in [4.78, 5) is 19.3. The summed E-state index contributed by atoms with van der Waals surface area (Å²) >= 11 is 0. The minimum atomic E-state index is -0.0186. The van der Waals surface area contributed by atoms with E-state index in [0.29, 0.717) is 18.2 Å². The highest BCUT2D eigenvalue weighted by Crippen LogP contribution is 2.14. The van der Waals surface area contributed by atoms with E-state index in [4.69, 9.17) is 9.73 Å². The third kappa shape index (κ3) is 8.50. The average Bonchev–Trinajstić information content (AvgIpc) is 2.72. The highest BCUT2D eigenvalue weighted by molar-refractivity contribution is 14.0. The number of hydrogen-bond acceptors (Lipinski definition) is 3. The number of carbonyl (C=O) groups excluding carboxylic acids is 1. The predicted molar refractivity (Wildman–Crippen MR) is 130 cm³/mol. The Morgan fingerprint density at radius 1 is 1.21 bits per heavy atom. The van der Waals surface area contributed by atoms with Gasteiger partial charge in [0.25, 0.3) is 5.91 Å². The fourth-order valence-corrected chi connectivity index (χ4v) is 3.23. The number of hydrogen-bond donors (Lipinski definition) is 2. The fraction of sp³-hybridized carbons (Fsp3) is 0.636. The van der Waals surface area contributed by atoms with E-state index < -0.39 is 0 Å². The highest BCUT2D eigenvalue weighted by Gasteiger charge is 2.21. The van der Waals surface area contributed by atoms with Gasteiger partial charge in [-0.3, -0.25) is 4.79 Å². The molecule has 1 aromatic rings. The van der Waals surface area contributed by atoms with Crippen LogP contribution < -0.4 is 10.6 Å². The Hall–Kier alpha value is -1.35. The standard InChI is InChI=1S/C22H36N4O2.HI/c1-5-17(4)25-21(27)19-10-8-18(9-11-19)16-24-22(23-6-2)26-14-12-20(13-15-26)28-7-3;/h8-11,17,20H,5-7,12-16H2,1-4H3,(H,23,24)(H,25,27);1H. The first-order valence-electron chi connectivity index (χ1n) is 10.6. The number of likely N-dealkylation sites (tertiary alicyclic amines) is 1. The van der Waals surface area contributed by atoms with Crippen LogP contribution in [-0.4, -0.2) is 55.2 Å². The van der Waals surface area contributed by atoms with Crippen molar-refractivity contribution in [2.24, 2.45) is 4.99 Å². The normalized spacial score (nSPS) is 16.1. The minimum Gasteiger partial charge on any atom is -0.378 e. The summed E-state index contributed by atoms with van der Waals surface area (Å²) in [6.07, 6.45) is 3.38.